The fourth-order valence-electron chi connectivity index (χ4n) is 2.82. The molecule has 0 fully saturated rings. The number of methoxy groups -OCH3 is 1. The molecule has 3 aromatic rings. The molecule has 0 aliphatic rings. The van der Waals surface area contributed by atoms with Crippen LogP contribution in [0.1, 0.15) is 5.56 Å². The molecule has 2 amide bonds. The fourth-order valence-corrected chi connectivity index (χ4v) is 2.98. The number of amides is 2. The Balaban J connectivity index is 1.60. The number of urea groups is 1. The summed E-state index contributed by atoms with van der Waals surface area (Å²) in [7, 11) is 1.66. The maximum atomic E-state index is 13.7. The molecule has 2 N–H and O–H groups in total. The van der Waals surface area contributed by atoms with Crippen LogP contribution in [0, 0.1) is 5.82 Å². The highest BCUT2D eigenvalue weighted by atomic mass is 35.5. The summed E-state index contributed by atoms with van der Waals surface area (Å²) in [6.45, 7) is 1.69. The number of hydrogen-bond acceptors (Lipinski definition) is 3. The van der Waals surface area contributed by atoms with Crippen molar-refractivity contribution in [1.82, 2.24) is 14.9 Å². The van der Waals surface area contributed by atoms with E-state index in [1.54, 1.807) is 13.3 Å². The molecule has 0 unspecified atom stereocenters. The summed E-state index contributed by atoms with van der Waals surface area (Å²) in [5.74, 6) is -0.579. The third-order valence-corrected chi connectivity index (χ3v) is 4.35. The number of halogens is 2. The van der Waals surface area contributed by atoms with Gasteiger partial charge < -0.3 is 19.9 Å². The van der Waals surface area contributed by atoms with Crippen LogP contribution in [0.4, 0.5) is 14.9 Å². The van der Waals surface area contributed by atoms with Crippen LogP contribution in [0.3, 0.4) is 0 Å². The van der Waals surface area contributed by atoms with Gasteiger partial charge in [0.1, 0.15) is 11.5 Å². The molecular weight excluding hydrogens is 371 g/mol. The van der Waals surface area contributed by atoms with Gasteiger partial charge in [0, 0.05) is 43.0 Å². The molecule has 0 radical (unpaired) electrons. The standard InChI is InChI=1S/C19H20ClFN4O2/c1-27-10-9-25-12-13(15-3-2-7-22-18(15)25)6-8-23-19(26)24-17-5-4-14(20)11-16(17)21/h2-5,7,11-12H,6,8-10H2,1H3,(H2,23,24,26). The number of nitrogens with one attached hydrogen (secondary N) is 2. The van der Waals surface area contributed by atoms with Crippen molar-refractivity contribution in [2.75, 3.05) is 25.6 Å². The van der Waals surface area contributed by atoms with Gasteiger partial charge in [-0.2, -0.15) is 0 Å². The number of pyridine rings is 1. The topological polar surface area (TPSA) is 68.2 Å². The van der Waals surface area contributed by atoms with Gasteiger partial charge in [-0.15, -0.1) is 0 Å². The summed E-state index contributed by atoms with van der Waals surface area (Å²) in [5.41, 5.74) is 2.04. The summed E-state index contributed by atoms with van der Waals surface area (Å²) >= 11 is 5.70. The van der Waals surface area contributed by atoms with E-state index < -0.39 is 11.8 Å². The smallest absolute Gasteiger partial charge is 0.319 e. The normalized spacial score (nSPS) is 10.9. The van der Waals surface area contributed by atoms with E-state index in [-0.39, 0.29) is 10.7 Å². The minimum absolute atomic E-state index is 0.0808. The number of ether oxygens (including phenoxy) is 1. The van der Waals surface area contributed by atoms with Crippen LogP contribution >= 0.6 is 11.6 Å². The van der Waals surface area contributed by atoms with Gasteiger partial charge in [0.15, 0.2) is 0 Å². The van der Waals surface area contributed by atoms with Gasteiger partial charge in [0.05, 0.1) is 12.3 Å². The highest BCUT2D eigenvalue weighted by molar-refractivity contribution is 6.30. The Labute approximate surface area is 161 Å². The molecule has 0 saturated carbocycles. The van der Waals surface area contributed by atoms with Crippen LogP contribution in [0.5, 0.6) is 0 Å². The predicted octanol–water partition coefficient (Wildman–Crippen LogP) is 3.84. The largest absolute Gasteiger partial charge is 0.383 e. The second-order valence-corrected chi connectivity index (χ2v) is 6.41. The number of hydrogen-bond donors (Lipinski definition) is 2. The molecule has 2 aromatic heterocycles. The van der Waals surface area contributed by atoms with Crippen LogP contribution in [-0.4, -0.2) is 35.8 Å². The van der Waals surface area contributed by atoms with Crippen LogP contribution < -0.4 is 10.6 Å². The van der Waals surface area contributed by atoms with Crippen molar-refractivity contribution >= 4 is 34.4 Å². The minimum atomic E-state index is -0.579. The zero-order valence-electron chi connectivity index (χ0n) is 14.8. The van der Waals surface area contributed by atoms with Crippen molar-refractivity contribution in [3.8, 4) is 0 Å². The monoisotopic (exact) mass is 390 g/mol. The summed E-state index contributed by atoms with van der Waals surface area (Å²) in [4.78, 5) is 16.4. The summed E-state index contributed by atoms with van der Waals surface area (Å²) in [5, 5.41) is 6.53. The van der Waals surface area contributed by atoms with Crippen LogP contribution in [0.2, 0.25) is 5.02 Å². The lowest BCUT2D eigenvalue weighted by Gasteiger charge is -2.08. The summed E-state index contributed by atoms with van der Waals surface area (Å²) < 4.78 is 20.9. The number of aromatic nitrogens is 2. The molecule has 0 atom stereocenters. The van der Waals surface area contributed by atoms with Gasteiger partial charge in [-0.05, 0) is 42.3 Å². The Morgan fingerprint density at radius 1 is 1.37 bits per heavy atom. The molecule has 142 valence electrons. The van der Waals surface area contributed by atoms with Crippen molar-refractivity contribution < 1.29 is 13.9 Å². The molecule has 0 aliphatic carbocycles. The number of nitrogens with zero attached hydrogens (tertiary/aromatic N) is 2. The van der Waals surface area contributed by atoms with Crippen molar-refractivity contribution in [3.63, 3.8) is 0 Å². The molecule has 0 saturated heterocycles. The quantitative estimate of drug-likeness (QED) is 0.644. The van der Waals surface area contributed by atoms with Crippen LogP contribution in [0.25, 0.3) is 11.0 Å². The number of rotatable bonds is 7. The average molecular weight is 391 g/mol. The van der Waals surface area contributed by atoms with Gasteiger partial charge in [-0.3, -0.25) is 0 Å². The Kier molecular flexibility index (Phi) is 6.26. The highest BCUT2D eigenvalue weighted by Gasteiger charge is 2.11. The highest BCUT2D eigenvalue weighted by Crippen LogP contribution is 2.20. The van der Waals surface area contributed by atoms with Crippen molar-refractivity contribution in [3.05, 3.63) is 59.1 Å². The molecule has 6 nitrogen and oxygen atoms in total. The maximum absolute atomic E-state index is 13.7. The Morgan fingerprint density at radius 2 is 2.22 bits per heavy atom. The predicted molar refractivity (Wildman–Crippen MR) is 104 cm³/mol. The first-order valence-corrected chi connectivity index (χ1v) is 8.88. The molecule has 8 heteroatoms. The number of benzene rings is 1. The van der Waals surface area contributed by atoms with E-state index in [9.17, 15) is 9.18 Å². The van der Waals surface area contributed by atoms with E-state index in [4.69, 9.17) is 16.3 Å². The molecule has 27 heavy (non-hydrogen) atoms. The zero-order valence-corrected chi connectivity index (χ0v) is 15.6. The SMILES string of the molecule is COCCn1cc(CCNC(=O)Nc2ccc(Cl)cc2F)c2cccnc21. The lowest BCUT2D eigenvalue weighted by Crippen LogP contribution is -2.30. The molecular formula is C19H20ClFN4O2. The van der Waals surface area contributed by atoms with E-state index >= 15 is 0 Å². The van der Waals surface area contributed by atoms with Crippen molar-refractivity contribution in [1.29, 1.82) is 0 Å². The third-order valence-electron chi connectivity index (χ3n) is 4.11. The van der Waals surface area contributed by atoms with Gasteiger partial charge in [-0.1, -0.05) is 11.6 Å². The van der Waals surface area contributed by atoms with Crippen molar-refractivity contribution in [2.45, 2.75) is 13.0 Å². The van der Waals surface area contributed by atoms with E-state index in [0.29, 0.717) is 26.1 Å². The number of carbonyl (C=O) groups excluding carboxylic acids is 1. The molecule has 0 spiro atoms. The lowest BCUT2D eigenvalue weighted by molar-refractivity contribution is 0.188. The summed E-state index contributed by atoms with van der Waals surface area (Å²) in [6.07, 6.45) is 4.40. The van der Waals surface area contributed by atoms with Crippen molar-refractivity contribution in [2.24, 2.45) is 0 Å². The van der Waals surface area contributed by atoms with Gasteiger partial charge in [0.25, 0.3) is 0 Å². The Morgan fingerprint density at radius 3 is 3.00 bits per heavy atom. The van der Waals surface area contributed by atoms with Gasteiger partial charge in [-0.25, -0.2) is 14.2 Å². The third kappa shape index (κ3) is 4.75. The van der Waals surface area contributed by atoms with E-state index in [1.807, 2.05) is 22.9 Å². The molecule has 0 bridgehead atoms. The second kappa shape index (κ2) is 8.83. The Hall–Kier alpha value is -2.64. The first-order chi connectivity index (χ1) is 13.1. The van der Waals surface area contributed by atoms with Gasteiger partial charge >= 0.3 is 6.03 Å². The van der Waals surface area contributed by atoms with Crippen LogP contribution in [0.15, 0.2) is 42.7 Å². The summed E-state index contributed by atoms with van der Waals surface area (Å²) in [6, 6.07) is 7.51. The van der Waals surface area contributed by atoms with Crippen LogP contribution in [-0.2, 0) is 17.7 Å². The minimum Gasteiger partial charge on any atom is -0.383 e. The molecule has 0 aliphatic heterocycles. The van der Waals surface area contributed by atoms with E-state index in [1.165, 1.54) is 12.1 Å². The number of anilines is 1. The second-order valence-electron chi connectivity index (χ2n) is 5.97. The lowest BCUT2D eigenvalue weighted by atomic mass is 10.1. The number of fused-ring (bicyclic) bond motifs is 1. The zero-order chi connectivity index (χ0) is 19.2. The first-order valence-electron chi connectivity index (χ1n) is 8.50. The molecule has 2 heterocycles. The Bertz CT molecular complexity index is 945. The average Bonchev–Trinajstić information content (AvgIpc) is 3.00. The molecule has 1 aromatic carbocycles. The van der Waals surface area contributed by atoms with Gasteiger partial charge in [0.2, 0.25) is 0 Å². The fraction of sp³-hybridized carbons (Fsp3) is 0.263. The molecule has 3 rings (SSSR count). The van der Waals surface area contributed by atoms with E-state index in [2.05, 4.69) is 15.6 Å². The number of carbonyl (C=O) groups is 1. The maximum Gasteiger partial charge on any atom is 0.319 e. The van der Waals surface area contributed by atoms with E-state index in [0.717, 1.165) is 22.7 Å². The first kappa shape index (κ1) is 19.1.